The summed E-state index contributed by atoms with van der Waals surface area (Å²) in [4.78, 5) is 9.19. The summed E-state index contributed by atoms with van der Waals surface area (Å²) >= 11 is 4.71. The zero-order valence-electron chi connectivity index (χ0n) is 4.10. The van der Waals surface area contributed by atoms with Crippen LogP contribution in [0.5, 0.6) is 0 Å². The number of allylic oxidation sites excluding steroid dienone is 1. The average molecular weight is 189 g/mol. The van der Waals surface area contributed by atoms with Crippen LogP contribution >= 0.6 is 22.3 Å². The Hall–Kier alpha value is -0.0600. The van der Waals surface area contributed by atoms with Gasteiger partial charge in [-0.15, -0.1) is 0 Å². The van der Waals surface area contributed by atoms with Gasteiger partial charge in [-0.25, -0.2) is 8.42 Å². The summed E-state index contributed by atoms with van der Waals surface area (Å²) in [7, 11) is 0.640. The third-order valence-electron chi connectivity index (χ3n) is 0.514. The lowest BCUT2D eigenvalue weighted by Crippen LogP contribution is -1.99. The Morgan fingerprint density at radius 3 is 1.78 bits per heavy atom. The fraction of sp³-hybridized carbons (Fsp3) is 0. The number of hydrogen-bond acceptors (Lipinski definition) is 3. The van der Waals surface area contributed by atoms with Gasteiger partial charge in [0.2, 0.25) is 0 Å². The largest absolute Gasteiger partial charge is 0.275 e. The first-order chi connectivity index (χ1) is 3.85. The maximum Gasteiger partial charge on any atom is 0.265 e. The van der Waals surface area contributed by atoms with Crippen molar-refractivity contribution in [2.24, 2.45) is 0 Å². The van der Waals surface area contributed by atoms with Crippen molar-refractivity contribution in [1.82, 2.24) is 0 Å². The van der Waals surface area contributed by atoms with Crippen molar-refractivity contribution >= 4 is 36.6 Å². The van der Waals surface area contributed by atoms with Crippen LogP contribution in [0.4, 0.5) is 0 Å². The summed E-state index contributed by atoms with van der Waals surface area (Å²) in [6.45, 7) is 2.82. The first kappa shape index (κ1) is 8.94. The number of rotatable bonds is 2. The van der Waals surface area contributed by atoms with Gasteiger partial charge in [-0.1, -0.05) is 6.58 Å². The maximum atomic E-state index is 10.1. The third-order valence-corrected chi connectivity index (χ3v) is 2.19. The molecule has 0 rings (SSSR count). The average Bonchev–Trinajstić information content (AvgIpc) is 1.62. The van der Waals surface area contributed by atoms with E-state index in [1.165, 1.54) is 0 Å². The van der Waals surface area contributed by atoms with E-state index in [1.807, 2.05) is 0 Å². The molecule has 52 valence electrons. The van der Waals surface area contributed by atoms with E-state index in [2.05, 4.69) is 17.3 Å². The quantitative estimate of drug-likeness (QED) is 0.477. The fourth-order valence-corrected chi connectivity index (χ4v) is 0.921. The highest BCUT2D eigenvalue weighted by Crippen LogP contribution is 2.11. The second-order valence-electron chi connectivity index (χ2n) is 1.13. The fourth-order valence-electron chi connectivity index (χ4n) is 0.0958. The summed E-state index contributed by atoms with van der Waals surface area (Å²) in [5, 5.41) is -1.16. The standard InChI is InChI=1S/C3H2Cl2O3S/c1-2(3(4)6)9(5,7)8/h1H2. The van der Waals surface area contributed by atoms with Crippen LogP contribution in [0.15, 0.2) is 11.5 Å². The van der Waals surface area contributed by atoms with E-state index in [1.54, 1.807) is 0 Å². The molecule has 0 bridgehead atoms. The number of carbonyl (C=O) groups is 1. The zero-order chi connectivity index (χ0) is 7.65. The van der Waals surface area contributed by atoms with Crippen molar-refractivity contribution in [1.29, 1.82) is 0 Å². The first-order valence-electron chi connectivity index (χ1n) is 1.69. The normalized spacial score (nSPS) is 10.9. The minimum Gasteiger partial charge on any atom is -0.275 e. The van der Waals surface area contributed by atoms with E-state index in [9.17, 15) is 13.2 Å². The second-order valence-corrected chi connectivity index (χ2v) is 4.07. The van der Waals surface area contributed by atoms with E-state index >= 15 is 0 Å². The summed E-state index contributed by atoms with van der Waals surface area (Å²) in [5.41, 5.74) is 0. The molecule has 9 heavy (non-hydrogen) atoms. The molecule has 0 aromatic heterocycles. The molecule has 6 heteroatoms. The van der Waals surface area contributed by atoms with Crippen LogP contribution in [-0.4, -0.2) is 13.7 Å². The minimum atomic E-state index is -4.01. The molecular weight excluding hydrogens is 187 g/mol. The van der Waals surface area contributed by atoms with E-state index in [-0.39, 0.29) is 0 Å². The van der Waals surface area contributed by atoms with Crippen LogP contribution in [0.25, 0.3) is 0 Å². The van der Waals surface area contributed by atoms with Crippen LogP contribution in [0, 0.1) is 0 Å². The highest BCUT2D eigenvalue weighted by atomic mass is 35.7. The molecule has 3 nitrogen and oxygen atoms in total. The van der Waals surface area contributed by atoms with E-state index < -0.39 is 19.2 Å². The predicted octanol–water partition coefficient (Wildman–Crippen LogP) is 0.834. The van der Waals surface area contributed by atoms with Crippen LogP contribution < -0.4 is 0 Å². The van der Waals surface area contributed by atoms with Crippen LogP contribution in [0.1, 0.15) is 0 Å². The SMILES string of the molecule is C=C(C(=O)Cl)S(=O)(=O)Cl. The molecule has 0 N–H and O–H groups in total. The van der Waals surface area contributed by atoms with Crippen LogP contribution in [0.3, 0.4) is 0 Å². The molecule has 0 saturated carbocycles. The zero-order valence-corrected chi connectivity index (χ0v) is 6.42. The monoisotopic (exact) mass is 188 g/mol. The van der Waals surface area contributed by atoms with Crippen molar-refractivity contribution < 1.29 is 13.2 Å². The molecule has 0 atom stereocenters. The minimum absolute atomic E-state index is 0.800. The molecule has 0 heterocycles. The molecule has 0 aromatic rings. The van der Waals surface area contributed by atoms with E-state index in [0.29, 0.717) is 0 Å². The lowest BCUT2D eigenvalue weighted by molar-refractivity contribution is -0.107. The Labute approximate surface area is 61.7 Å². The van der Waals surface area contributed by atoms with Gasteiger partial charge < -0.3 is 0 Å². The van der Waals surface area contributed by atoms with Gasteiger partial charge in [0.25, 0.3) is 14.3 Å². The van der Waals surface area contributed by atoms with Gasteiger partial charge in [0.15, 0.2) is 0 Å². The van der Waals surface area contributed by atoms with Crippen molar-refractivity contribution in [2.45, 2.75) is 0 Å². The topological polar surface area (TPSA) is 51.2 Å². The lowest BCUT2D eigenvalue weighted by atomic mass is 10.7. The van der Waals surface area contributed by atoms with Gasteiger partial charge in [-0.3, -0.25) is 4.79 Å². The number of hydrogen-bond donors (Lipinski definition) is 0. The first-order valence-corrected chi connectivity index (χ1v) is 4.38. The summed E-state index contributed by atoms with van der Waals surface area (Å²) in [5.74, 6) is 0. The number of halogens is 2. The Morgan fingerprint density at radius 1 is 1.44 bits per heavy atom. The molecule has 0 aliphatic rings. The second kappa shape index (κ2) is 2.68. The van der Waals surface area contributed by atoms with Crippen LogP contribution in [-0.2, 0) is 13.8 Å². The lowest BCUT2D eigenvalue weighted by Gasteiger charge is -1.88. The molecule has 0 amide bonds. The molecule has 0 aliphatic carbocycles. The van der Waals surface area contributed by atoms with Crippen molar-refractivity contribution in [3.63, 3.8) is 0 Å². The van der Waals surface area contributed by atoms with E-state index in [0.717, 1.165) is 0 Å². The van der Waals surface area contributed by atoms with Crippen molar-refractivity contribution in [3.05, 3.63) is 11.5 Å². The van der Waals surface area contributed by atoms with Crippen molar-refractivity contribution in [2.75, 3.05) is 0 Å². The number of carbonyl (C=O) groups excluding carboxylic acids is 1. The van der Waals surface area contributed by atoms with Crippen LogP contribution in [0.2, 0.25) is 0 Å². The van der Waals surface area contributed by atoms with Gasteiger partial charge >= 0.3 is 0 Å². The molecular formula is C3H2Cl2O3S. The molecule has 0 unspecified atom stereocenters. The molecule has 0 aromatic carbocycles. The van der Waals surface area contributed by atoms with Gasteiger partial charge in [0.1, 0.15) is 4.91 Å². The third kappa shape index (κ3) is 2.84. The summed E-state index contributed by atoms with van der Waals surface area (Å²) < 4.78 is 20.3. The highest BCUT2D eigenvalue weighted by Gasteiger charge is 2.16. The Balaban J connectivity index is 4.66. The molecule has 0 spiro atoms. The van der Waals surface area contributed by atoms with Gasteiger partial charge in [-0.05, 0) is 11.6 Å². The Morgan fingerprint density at radius 2 is 1.78 bits per heavy atom. The molecule has 0 aliphatic heterocycles. The summed E-state index contributed by atoms with van der Waals surface area (Å²) in [6, 6.07) is 0. The predicted molar refractivity (Wildman–Crippen MR) is 34.8 cm³/mol. The van der Waals surface area contributed by atoms with E-state index in [4.69, 9.17) is 11.6 Å². The Kier molecular flexibility index (Phi) is 2.66. The van der Waals surface area contributed by atoms with Gasteiger partial charge in [0, 0.05) is 10.7 Å². The van der Waals surface area contributed by atoms with Crippen molar-refractivity contribution in [3.8, 4) is 0 Å². The maximum absolute atomic E-state index is 10.1. The van der Waals surface area contributed by atoms with Gasteiger partial charge in [-0.2, -0.15) is 0 Å². The molecule has 0 saturated heterocycles. The van der Waals surface area contributed by atoms with Gasteiger partial charge in [0.05, 0.1) is 0 Å². The molecule has 0 radical (unpaired) electrons. The molecule has 0 fully saturated rings. The highest BCUT2D eigenvalue weighted by molar-refractivity contribution is 8.17. The Bertz CT molecular complexity index is 240. The smallest absolute Gasteiger partial charge is 0.265 e. The summed E-state index contributed by atoms with van der Waals surface area (Å²) in [6.07, 6.45) is 0.